The van der Waals surface area contributed by atoms with Crippen molar-refractivity contribution < 1.29 is 18.4 Å². The molecule has 7 nitrogen and oxygen atoms in total. The molecule has 0 radical (unpaired) electrons. The Morgan fingerprint density at radius 3 is 2.74 bits per heavy atom. The highest BCUT2D eigenvalue weighted by Gasteiger charge is 2.35. The zero-order chi connectivity index (χ0) is 18.6. The van der Waals surface area contributed by atoms with Gasteiger partial charge in [-0.25, -0.2) is 5.01 Å². The molecule has 2 aromatic heterocycles. The first-order valence-corrected chi connectivity index (χ1v) is 8.35. The largest absolute Gasteiger partial charge is 0.482 e. The maximum absolute atomic E-state index is 12.8. The van der Waals surface area contributed by atoms with Crippen molar-refractivity contribution in [1.29, 1.82) is 5.26 Å². The van der Waals surface area contributed by atoms with Crippen molar-refractivity contribution in [3.05, 3.63) is 78.1 Å². The first kappa shape index (κ1) is 16.7. The number of amides is 1. The number of nitriles is 1. The van der Waals surface area contributed by atoms with Gasteiger partial charge in [0.15, 0.2) is 6.61 Å². The van der Waals surface area contributed by atoms with Crippen molar-refractivity contribution in [3.8, 4) is 11.8 Å². The smallest absolute Gasteiger partial charge is 0.281 e. The molecule has 1 amide bonds. The van der Waals surface area contributed by atoms with Gasteiger partial charge in [-0.1, -0.05) is 12.1 Å². The van der Waals surface area contributed by atoms with Gasteiger partial charge < -0.3 is 13.6 Å². The maximum Gasteiger partial charge on any atom is 0.281 e. The maximum atomic E-state index is 12.8. The monoisotopic (exact) mass is 361 g/mol. The summed E-state index contributed by atoms with van der Waals surface area (Å²) in [5.74, 6) is 1.26. The molecule has 134 valence electrons. The topological polar surface area (TPSA) is 92.0 Å². The van der Waals surface area contributed by atoms with Crippen molar-refractivity contribution in [2.75, 3.05) is 6.61 Å². The van der Waals surface area contributed by atoms with Crippen LogP contribution in [0.1, 0.15) is 29.5 Å². The van der Waals surface area contributed by atoms with E-state index in [-0.39, 0.29) is 18.6 Å². The number of hydrogen-bond donors (Lipinski definition) is 0. The minimum absolute atomic E-state index is 0.245. The van der Waals surface area contributed by atoms with Gasteiger partial charge in [0.05, 0.1) is 18.1 Å². The number of benzene rings is 1. The summed E-state index contributed by atoms with van der Waals surface area (Å²) in [6.07, 6.45) is 3.59. The molecule has 0 aliphatic carbocycles. The van der Waals surface area contributed by atoms with Crippen LogP contribution in [0.15, 0.2) is 75.0 Å². The lowest BCUT2D eigenvalue weighted by atomic mass is 10.1. The Labute approximate surface area is 155 Å². The van der Waals surface area contributed by atoms with Crippen molar-refractivity contribution in [3.63, 3.8) is 0 Å². The summed E-state index contributed by atoms with van der Waals surface area (Å²) in [4.78, 5) is 12.8. The van der Waals surface area contributed by atoms with Crippen LogP contribution in [-0.2, 0) is 4.79 Å². The Balaban J connectivity index is 1.55. The predicted octanol–water partition coefficient (Wildman–Crippen LogP) is 3.50. The van der Waals surface area contributed by atoms with Crippen molar-refractivity contribution in [1.82, 2.24) is 5.01 Å². The Morgan fingerprint density at radius 2 is 2.00 bits per heavy atom. The third kappa shape index (κ3) is 3.33. The number of rotatable bonds is 5. The fraction of sp³-hybridized carbons (Fsp3) is 0.150. The molecule has 0 saturated carbocycles. The summed E-state index contributed by atoms with van der Waals surface area (Å²) in [7, 11) is 0. The van der Waals surface area contributed by atoms with Gasteiger partial charge in [-0.3, -0.25) is 4.79 Å². The first-order chi connectivity index (χ1) is 13.3. The van der Waals surface area contributed by atoms with Crippen molar-refractivity contribution >= 4 is 11.6 Å². The van der Waals surface area contributed by atoms with Crippen LogP contribution in [0.4, 0.5) is 0 Å². The normalized spacial score (nSPS) is 16.0. The second-order valence-electron chi connectivity index (χ2n) is 5.89. The van der Waals surface area contributed by atoms with Gasteiger partial charge >= 0.3 is 0 Å². The van der Waals surface area contributed by atoms with Gasteiger partial charge in [0.1, 0.15) is 35.1 Å². The van der Waals surface area contributed by atoms with E-state index in [1.807, 2.05) is 6.07 Å². The average Bonchev–Trinajstić information content (AvgIpc) is 3.46. The second-order valence-corrected chi connectivity index (χ2v) is 5.89. The molecule has 3 aromatic rings. The zero-order valence-corrected chi connectivity index (χ0v) is 14.2. The SMILES string of the molecule is N#Cc1ccccc1OCC(=O)N1N=C(c2ccco2)CC1c1ccco1. The van der Waals surface area contributed by atoms with Crippen LogP contribution in [0, 0.1) is 11.3 Å². The van der Waals surface area contributed by atoms with Gasteiger partial charge in [-0.05, 0) is 36.4 Å². The van der Waals surface area contributed by atoms with E-state index in [2.05, 4.69) is 5.10 Å². The molecule has 1 aromatic carbocycles. The van der Waals surface area contributed by atoms with Gasteiger partial charge in [-0.2, -0.15) is 10.4 Å². The lowest BCUT2D eigenvalue weighted by Gasteiger charge is -2.20. The van der Waals surface area contributed by atoms with E-state index >= 15 is 0 Å². The van der Waals surface area contributed by atoms with Crippen LogP contribution in [0.5, 0.6) is 5.75 Å². The lowest BCUT2D eigenvalue weighted by Crippen LogP contribution is -2.31. The highest BCUT2D eigenvalue weighted by Crippen LogP contribution is 2.33. The van der Waals surface area contributed by atoms with E-state index in [1.165, 1.54) is 5.01 Å². The molecule has 0 bridgehead atoms. The molecule has 7 heteroatoms. The Morgan fingerprint density at radius 1 is 1.19 bits per heavy atom. The highest BCUT2D eigenvalue weighted by atomic mass is 16.5. The Bertz CT molecular complexity index is 1000. The summed E-state index contributed by atoms with van der Waals surface area (Å²) >= 11 is 0. The third-order valence-electron chi connectivity index (χ3n) is 4.20. The molecule has 1 unspecified atom stereocenters. The molecule has 1 atom stereocenters. The number of para-hydroxylation sites is 1. The molecule has 1 aliphatic heterocycles. The molecule has 3 heterocycles. The summed E-state index contributed by atoms with van der Waals surface area (Å²) < 4.78 is 16.4. The number of furan rings is 2. The quantitative estimate of drug-likeness (QED) is 0.693. The number of carbonyl (C=O) groups excluding carboxylic acids is 1. The molecule has 4 rings (SSSR count). The molecule has 27 heavy (non-hydrogen) atoms. The van der Waals surface area contributed by atoms with Crippen LogP contribution >= 0.6 is 0 Å². The van der Waals surface area contributed by atoms with Gasteiger partial charge in [-0.15, -0.1) is 0 Å². The summed E-state index contributed by atoms with van der Waals surface area (Å²) in [6, 6.07) is 15.6. The number of hydrazone groups is 1. The van der Waals surface area contributed by atoms with Crippen LogP contribution in [-0.4, -0.2) is 23.2 Å². The van der Waals surface area contributed by atoms with Crippen LogP contribution in [0.2, 0.25) is 0 Å². The summed E-state index contributed by atoms with van der Waals surface area (Å²) in [5.41, 5.74) is 1.03. The second kappa shape index (κ2) is 7.22. The van der Waals surface area contributed by atoms with Gasteiger partial charge in [0.25, 0.3) is 5.91 Å². The van der Waals surface area contributed by atoms with E-state index in [0.29, 0.717) is 35.0 Å². The predicted molar refractivity (Wildman–Crippen MR) is 94.8 cm³/mol. The van der Waals surface area contributed by atoms with Crippen molar-refractivity contribution in [2.24, 2.45) is 5.10 Å². The molecule has 1 aliphatic rings. The van der Waals surface area contributed by atoms with Crippen LogP contribution in [0.25, 0.3) is 0 Å². The minimum atomic E-state index is -0.373. The zero-order valence-electron chi connectivity index (χ0n) is 14.2. The number of carbonyl (C=O) groups is 1. The number of nitrogens with zero attached hydrogens (tertiary/aromatic N) is 3. The summed E-state index contributed by atoms with van der Waals surface area (Å²) in [6.45, 7) is -0.245. The van der Waals surface area contributed by atoms with Gasteiger partial charge in [0.2, 0.25) is 0 Å². The minimum Gasteiger partial charge on any atom is -0.482 e. The lowest BCUT2D eigenvalue weighted by molar-refractivity contribution is -0.135. The Kier molecular flexibility index (Phi) is 4.45. The van der Waals surface area contributed by atoms with E-state index in [4.69, 9.17) is 18.8 Å². The number of ether oxygens (including phenoxy) is 1. The molecule has 0 saturated heterocycles. The van der Waals surface area contributed by atoms with Gasteiger partial charge in [0, 0.05) is 6.42 Å². The van der Waals surface area contributed by atoms with E-state index in [1.54, 1.807) is 61.1 Å². The molecule has 0 spiro atoms. The third-order valence-corrected chi connectivity index (χ3v) is 4.20. The van der Waals surface area contributed by atoms with Crippen LogP contribution in [0.3, 0.4) is 0 Å². The van der Waals surface area contributed by atoms with E-state index in [0.717, 1.165) is 0 Å². The molecule has 0 N–H and O–H groups in total. The highest BCUT2D eigenvalue weighted by molar-refractivity contribution is 6.01. The molecule has 0 fully saturated rings. The van der Waals surface area contributed by atoms with Crippen molar-refractivity contribution in [2.45, 2.75) is 12.5 Å². The molecular weight excluding hydrogens is 346 g/mol. The van der Waals surface area contributed by atoms with E-state index < -0.39 is 0 Å². The summed E-state index contributed by atoms with van der Waals surface area (Å²) in [5, 5.41) is 14.9. The van der Waals surface area contributed by atoms with Crippen LogP contribution < -0.4 is 4.74 Å². The van der Waals surface area contributed by atoms with E-state index in [9.17, 15) is 4.79 Å². The fourth-order valence-corrected chi connectivity index (χ4v) is 2.92. The molecular formula is C20H15N3O4. The fourth-order valence-electron chi connectivity index (χ4n) is 2.92. The standard InChI is InChI=1S/C20H15N3O4/c21-12-14-5-1-2-6-17(14)27-13-20(24)23-16(19-8-4-10-26-19)11-15(22-23)18-7-3-9-25-18/h1-10,16H,11,13H2. The Hall–Kier alpha value is -3.79. The average molecular weight is 361 g/mol. The number of hydrogen-bond acceptors (Lipinski definition) is 6. The first-order valence-electron chi connectivity index (χ1n) is 8.35.